The van der Waals surface area contributed by atoms with E-state index in [1.165, 1.54) is 0 Å². The molecule has 1 heterocycles. The maximum Gasteiger partial charge on any atom is 0.409 e. The van der Waals surface area contributed by atoms with Gasteiger partial charge in [-0.3, -0.25) is 10.4 Å². The number of H-pyrrole nitrogens is 1. The highest BCUT2D eigenvalue weighted by atomic mass is 16.4. The zero-order chi connectivity index (χ0) is 13.0. The van der Waals surface area contributed by atoms with Gasteiger partial charge in [0, 0.05) is 17.4 Å². The third-order valence-corrected chi connectivity index (χ3v) is 2.51. The first kappa shape index (κ1) is 12.0. The third kappa shape index (κ3) is 3.24. The fourth-order valence-corrected chi connectivity index (χ4v) is 1.71. The van der Waals surface area contributed by atoms with Crippen LogP contribution in [0.1, 0.15) is 11.3 Å². The van der Waals surface area contributed by atoms with Crippen LogP contribution in [-0.4, -0.2) is 21.4 Å². The van der Waals surface area contributed by atoms with Crippen molar-refractivity contribution in [2.45, 2.75) is 12.8 Å². The van der Waals surface area contributed by atoms with Crippen molar-refractivity contribution in [3.05, 3.63) is 41.6 Å². The highest BCUT2D eigenvalue weighted by Gasteiger charge is 2.02. The van der Waals surface area contributed by atoms with E-state index in [9.17, 15) is 4.79 Å². The van der Waals surface area contributed by atoms with Gasteiger partial charge < -0.3 is 10.8 Å². The van der Waals surface area contributed by atoms with Crippen molar-refractivity contribution in [2.24, 2.45) is 0 Å². The van der Waals surface area contributed by atoms with Crippen molar-refractivity contribution < 1.29 is 9.90 Å². The lowest BCUT2D eigenvalue weighted by Gasteiger charge is -2.04. The topological polar surface area (TPSA) is 104 Å². The molecule has 0 saturated carbocycles. The summed E-state index contributed by atoms with van der Waals surface area (Å²) >= 11 is 0. The Bertz CT molecular complexity index is 551. The predicted molar refractivity (Wildman–Crippen MR) is 68.5 cm³/mol. The molecule has 0 fully saturated rings. The average molecular weight is 246 g/mol. The summed E-state index contributed by atoms with van der Waals surface area (Å²) in [5, 5.41) is 17.6. The van der Waals surface area contributed by atoms with Crippen molar-refractivity contribution in [3.63, 3.8) is 0 Å². The van der Waals surface area contributed by atoms with E-state index in [1.807, 2.05) is 18.2 Å². The van der Waals surface area contributed by atoms with Gasteiger partial charge >= 0.3 is 6.09 Å². The van der Waals surface area contributed by atoms with Gasteiger partial charge in [0.05, 0.1) is 0 Å². The second kappa shape index (κ2) is 5.22. The summed E-state index contributed by atoms with van der Waals surface area (Å²) in [5.74, 6) is 0.478. The molecule has 0 aliphatic carbocycles. The smallest absolute Gasteiger partial charge is 0.409 e. The number of aryl methyl sites for hydroxylation is 2. The molecule has 1 aromatic heterocycles. The second-order valence-electron chi connectivity index (χ2n) is 3.95. The van der Waals surface area contributed by atoms with Crippen LogP contribution in [0.3, 0.4) is 0 Å². The van der Waals surface area contributed by atoms with E-state index in [1.54, 1.807) is 12.1 Å². The summed E-state index contributed by atoms with van der Waals surface area (Å²) in [7, 11) is 0. The Morgan fingerprint density at radius 3 is 2.89 bits per heavy atom. The van der Waals surface area contributed by atoms with Gasteiger partial charge in [-0.05, 0) is 30.5 Å². The predicted octanol–water partition coefficient (Wildman–Crippen LogP) is 1.87. The molecule has 6 heteroatoms. The van der Waals surface area contributed by atoms with Crippen LogP contribution >= 0.6 is 0 Å². The molecule has 0 aliphatic heterocycles. The third-order valence-electron chi connectivity index (χ3n) is 2.51. The lowest BCUT2D eigenvalue weighted by molar-refractivity contribution is 0.210. The summed E-state index contributed by atoms with van der Waals surface area (Å²) in [5.41, 5.74) is 8.09. The number of rotatable bonds is 4. The summed E-state index contributed by atoms with van der Waals surface area (Å²) in [6, 6.07) is 9.09. The normalized spacial score (nSPS) is 10.2. The van der Waals surface area contributed by atoms with E-state index >= 15 is 0 Å². The van der Waals surface area contributed by atoms with E-state index in [4.69, 9.17) is 10.8 Å². The van der Waals surface area contributed by atoms with Gasteiger partial charge in [0.25, 0.3) is 0 Å². The van der Waals surface area contributed by atoms with Gasteiger partial charge in [-0.15, -0.1) is 0 Å². The Balaban J connectivity index is 1.98. The molecule has 0 unspecified atom stereocenters. The van der Waals surface area contributed by atoms with E-state index in [0.717, 1.165) is 24.1 Å². The van der Waals surface area contributed by atoms with Gasteiger partial charge in [-0.25, -0.2) is 4.79 Å². The van der Waals surface area contributed by atoms with Crippen LogP contribution in [0.5, 0.6) is 0 Å². The zero-order valence-electron chi connectivity index (χ0n) is 9.68. The molecule has 2 rings (SSSR count). The number of hydrogen-bond donors (Lipinski definition) is 4. The second-order valence-corrected chi connectivity index (χ2v) is 3.95. The molecular weight excluding hydrogens is 232 g/mol. The minimum absolute atomic E-state index is 0.478. The number of nitrogens with one attached hydrogen (secondary N) is 2. The molecule has 2 aromatic rings. The number of amides is 1. The van der Waals surface area contributed by atoms with Crippen molar-refractivity contribution in [2.75, 3.05) is 11.1 Å². The minimum atomic E-state index is -1.06. The van der Waals surface area contributed by atoms with E-state index in [-0.39, 0.29) is 0 Å². The zero-order valence-corrected chi connectivity index (χ0v) is 9.68. The van der Waals surface area contributed by atoms with Crippen LogP contribution in [0.25, 0.3) is 0 Å². The van der Waals surface area contributed by atoms with Gasteiger partial charge in [-0.1, -0.05) is 12.1 Å². The molecule has 94 valence electrons. The highest BCUT2D eigenvalue weighted by molar-refractivity contribution is 5.82. The number of nitrogens with two attached hydrogens (primary N) is 1. The average Bonchev–Trinajstić information content (AvgIpc) is 2.72. The molecule has 0 atom stereocenters. The number of carboxylic acid groups (broad SMARTS) is 1. The van der Waals surface area contributed by atoms with Gasteiger partial charge in [0.1, 0.15) is 5.82 Å². The van der Waals surface area contributed by atoms with Gasteiger partial charge in [-0.2, -0.15) is 5.10 Å². The SMILES string of the molecule is Nc1cc(CCc2cccc(NC(=O)O)c2)[nH]n1. The number of benzene rings is 1. The van der Waals surface area contributed by atoms with Crippen LogP contribution in [-0.2, 0) is 12.8 Å². The van der Waals surface area contributed by atoms with Gasteiger partial charge in [0.15, 0.2) is 0 Å². The summed E-state index contributed by atoms with van der Waals surface area (Å²) in [4.78, 5) is 10.5. The van der Waals surface area contributed by atoms with Crippen LogP contribution in [0.2, 0.25) is 0 Å². The van der Waals surface area contributed by atoms with Crippen molar-refractivity contribution >= 4 is 17.6 Å². The van der Waals surface area contributed by atoms with E-state index < -0.39 is 6.09 Å². The van der Waals surface area contributed by atoms with Crippen molar-refractivity contribution in [3.8, 4) is 0 Å². The molecule has 5 N–H and O–H groups in total. The standard InChI is InChI=1S/C12H14N4O2/c13-11-7-10(15-16-11)5-4-8-2-1-3-9(6-8)14-12(17)18/h1-3,6-7,14H,4-5H2,(H,17,18)(H3,13,15,16). The van der Waals surface area contributed by atoms with Crippen molar-refractivity contribution in [1.82, 2.24) is 10.2 Å². The number of aromatic amines is 1. The van der Waals surface area contributed by atoms with Gasteiger partial charge in [0.2, 0.25) is 0 Å². The first-order chi connectivity index (χ1) is 8.63. The van der Waals surface area contributed by atoms with E-state index in [0.29, 0.717) is 11.5 Å². The highest BCUT2D eigenvalue weighted by Crippen LogP contribution is 2.13. The molecule has 0 aliphatic rings. The Kier molecular flexibility index (Phi) is 3.47. The van der Waals surface area contributed by atoms with Crippen LogP contribution in [0.4, 0.5) is 16.3 Å². The summed E-state index contributed by atoms with van der Waals surface area (Å²) in [6.45, 7) is 0. The molecule has 0 saturated heterocycles. The maximum absolute atomic E-state index is 10.5. The largest absolute Gasteiger partial charge is 0.465 e. The Morgan fingerprint density at radius 1 is 1.39 bits per heavy atom. The first-order valence-electron chi connectivity index (χ1n) is 5.52. The number of anilines is 2. The number of aromatic nitrogens is 2. The maximum atomic E-state index is 10.5. The molecule has 0 radical (unpaired) electrons. The molecule has 0 spiro atoms. The number of nitrogen functional groups attached to an aromatic ring is 1. The fraction of sp³-hybridized carbons (Fsp3) is 0.167. The molecule has 1 amide bonds. The van der Waals surface area contributed by atoms with E-state index in [2.05, 4.69) is 15.5 Å². The van der Waals surface area contributed by atoms with Crippen LogP contribution < -0.4 is 11.1 Å². The first-order valence-corrected chi connectivity index (χ1v) is 5.52. The lowest BCUT2D eigenvalue weighted by Crippen LogP contribution is -2.07. The fourth-order valence-electron chi connectivity index (χ4n) is 1.71. The monoisotopic (exact) mass is 246 g/mol. The number of hydrogen-bond acceptors (Lipinski definition) is 3. The molecular formula is C12H14N4O2. The van der Waals surface area contributed by atoms with Crippen molar-refractivity contribution in [1.29, 1.82) is 0 Å². The quantitative estimate of drug-likeness (QED) is 0.661. The Hall–Kier alpha value is -2.50. The number of carbonyl (C=O) groups is 1. The molecule has 6 nitrogen and oxygen atoms in total. The summed E-state index contributed by atoms with van der Waals surface area (Å²) < 4.78 is 0. The molecule has 18 heavy (non-hydrogen) atoms. The minimum Gasteiger partial charge on any atom is -0.465 e. The Morgan fingerprint density at radius 2 is 2.22 bits per heavy atom. The molecule has 1 aromatic carbocycles. The summed E-state index contributed by atoms with van der Waals surface area (Å²) in [6.07, 6.45) is 0.505. The van der Waals surface area contributed by atoms with Crippen LogP contribution in [0, 0.1) is 0 Å². The van der Waals surface area contributed by atoms with Crippen LogP contribution in [0.15, 0.2) is 30.3 Å². The number of nitrogens with zero attached hydrogens (tertiary/aromatic N) is 1. The lowest BCUT2D eigenvalue weighted by atomic mass is 10.1. The Labute approximate surface area is 104 Å². The molecule has 0 bridgehead atoms.